The summed E-state index contributed by atoms with van der Waals surface area (Å²) in [6.07, 6.45) is 4.91. The van der Waals surface area contributed by atoms with Crippen molar-refractivity contribution in [1.29, 1.82) is 0 Å². The van der Waals surface area contributed by atoms with Crippen LogP contribution in [0, 0.1) is 12.8 Å². The van der Waals surface area contributed by atoms with Gasteiger partial charge < -0.3 is 19.9 Å². The molecule has 3 aromatic heterocycles. The lowest BCUT2D eigenvalue weighted by atomic mass is 10.1. The first-order valence-corrected chi connectivity index (χ1v) is 9.30. The van der Waals surface area contributed by atoms with E-state index in [-0.39, 0.29) is 11.8 Å². The van der Waals surface area contributed by atoms with E-state index in [9.17, 15) is 4.79 Å². The van der Waals surface area contributed by atoms with Crippen molar-refractivity contribution in [3.05, 3.63) is 30.2 Å². The number of nitrogens with zero attached hydrogens (tertiary/aromatic N) is 3. The molecule has 1 atom stereocenters. The number of aryl methyl sites for hydroxylation is 1. The normalized spacial score (nSPS) is 19.1. The second-order valence-corrected chi connectivity index (χ2v) is 7.25. The van der Waals surface area contributed by atoms with Gasteiger partial charge in [-0.15, -0.1) is 0 Å². The Kier molecular flexibility index (Phi) is 3.86. The average Bonchev–Trinajstić information content (AvgIpc) is 3.29. The van der Waals surface area contributed by atoms with Crippen molar-refractivity contribution < 1.29 is 14.1 Å². The number of hydrogen-bond acceptors (Lipinski definition) is 6. The Morgan fingerprint density at radius 3 is 3.00 bits per heavy atom. The van der Waals surface area contributed by atoms with E-state index in [0.29, 0.717) is 30.1 Å². The van der Waals surface area contributed by atoms with E-state index in [1.165, 1.54) is 0 Å². The molecular weight excluding hydrogens is 346 g/mol. The van der Waals surface area contributed by atoms with Crippen molar-refractivity contribution in [2.75, 3.05) is 18.5 Å². The van der Waals surface area contributed by atoms with Crippen LogP contribution in [0.25, 0.3) is 16.6 Å². The number of carbonyl (C=O) groups excluding carboxylic acids is 1. The molecule has 4 heterocycles. The van der Waals surface area contributed by atoms with Crippen LogP contribution in [0.3, 0.4) is 0 Å². The molecule has 1 unspecified atom stereocenters. The third-order valence-electron chi connectivity index (χ3n) is 5.13. The molecule has 140 valence electrons. The molecule has 0 aromatic carbocycles. The average molecular weight is 367 g/mol. The van der Waals surface area contributed by atoms with Crippen molar-refractivity contribution >= 4 is 17.2 Å². The predicted molar refractivity (Wildman–Crippen MR) is 98.7 cm³/mol. The lowest BCUT2D eigenvalue weighted by molar-refractivity contribution is -0.117. The fourth-order valence-corrected chi connectivity index (χ4v) is 3.23. The third kappa shape index (κ3) is 3.16. The molecular formula is C19H21N5O3. The van der Waals surface area contributed by atoms with Crippen molar-refractivity contribution in [1.82, 2.24) is 20.1 Å². The summed E-state index contributed by atoms with van der Waals surface area (Å²) in [4.78, 5) is 11.9. The molecule has 1 saturated heterocycles. The molecule has 8 heteroatoms. The molecule has 8 nitrogen and oxygen atoms in total. The molecule has 2 fully saturated rings. The quantitative estimate of drug-likeness (QED) is 0.695. The van der Waals surface area contributed by atoms with E-state index in [0.717, 1.165) is 42.5 Å². The van der Waals surface area contributed by atoms with Gasteiger partial charge in [-0.25, -0.2) is 4.52 Å². The molecule has 27 heavy (non-hydrogen) atoms. The van der Waals surface area contributed by atoms with Gasteiger partial charge in [-0.2, -0.15) is 5.10 Å². The van der Waals surface area contributed by atoms with Gasteiger partial charge in [0, 0.05) is 24.2 Å². The number of amides is 1. The number of carbonyl (C=O) groups is 1. The molecule has 0 bridgehead atoms. The molecule has 1 aliphatic heterocycles. The second-order valence-electron chi connectivity index (χ2n) is 7.25. The number of fused-ring (bicyclic) bond motifs is 1. The summed E-state index contributed by atoms with van der Waals surface area (Å²) in [7, 11) is 0. The molecule has 2 aliphatic rings. The highest BCUT2D eigenvalue weighted by Gasteiger charge is 2.30. The molecule has 2 N–H and O–H groups in total. The zero-order chi connectivity index (χ0) is 18.4. The van der Waals surface area contributed by atoms with E-state index in [2.05, 4.69) is 20.9 Å². The first-order chi connectivity index (χ1) is 13.2. The maximum atomic E-state index is 11.9. The fraction of sp³-hybridized carbons (Fsp3) is 0.421. The zero-order valence-corrected chi connectivity index (χ0v) is 15.1. The summed E-state index contributed by atoms with van der Waals surface area (Å²) in [6, 6.07) is 6.18. The maximum Gasteiger partial charge on any atom is 0.262 e. The summed E-state index contributed by atoms with van der Waals surface area (Å²) in [5.74, 6) is 1.98. The lowest BCUT2D eigenvalue weighted by Gasteiger charge is -2.26. The minimum absolute atomic E-state index is 0.0498. The van der Waals surface area contributed by atoms with Gasteiger partial charge in [0.25, 0.3) is 5.88 Å². The van der Waals surface area contributed by atoms with Gasteiger partial charge in [0.2, 0.25) is 5.91 Å². The summed E-state index contributed by atoms with van der Waals surface area (Å²) in [5, 5.41) is 14.7. The van der Waals surface area contributed by atoms with E-state index in [4.69, 9.17) is 9.26 Å². The molecule has 1 amide bonds. The maximum absolute atomic E-state index is 11.9. The van der Waals surface area contributed by atoms with E-state index in [1.807, 2.05) is 31.3 Å². The highest BCUT2D eigenvalue weighted by molar-refractivity contribution is 5.93. The van der Waals surface area contributed by atoms with Crippen molar-refractivity contribution in [2.45, 2.75) is 32.2 Å². The third-order valence-corrected chi connectivity index (χ3v) is 5.13. The lowest BCUT2D eigenvalue weighted by Crippen LogP contribution is -2.46. The Hall–Kier alpha value is -2.87. The van der Waals surface area contributed by atoms with Gasteiger partial charge in [-0.1, -0.05) is 0 Å². The number of ether oxygens (including phenoxy) is 1. The van der Waals surface area contributed by atoms with Crippen molar-refractivity contribution in [3.8, 4) is 17.0 Å². The molecule has 0 spiro atoms. The monoisotopic (exact) mass is 367 g/mol. The number of aromatic nitrogens is 3. The number of rotatable bonds is 6. The Morgan fingerprint density at radius 1 is 1.41 bits per heavy atom. The van der Waals surface area contributed by atoms with Crippen LogP contribution in [0.5, 0.6) is 5.88 Å². The Balaban J connectivity index is 1.41. The molecule has 3 aromatic rings. The molecule has 5 rings (SSSR count). The van der Waals surface area contributed by atoms with Crippen LogP contribution in [0.2, 0.25) is 0 Å². The smallest absolute Gasteiger partial charge is 0.262 e. The number of hydrogen-bond donors (Lipinski definition) is 2. The number of nitrogens with one attached hydrogen (secondary N) is 2. The predicted octanol–water partition coefficient (Wildman–Crippen LogP) is 2.39. The van der Waals surface area contributed by atoms with Gasteiger partial charge >= 0.3 is 0 Å². The van der Waals surface area contributed by atoms with Crippen LogP contribution in [-0.4, -0.2) is 39.9 Å². The largest absolute Gasteiger partial charge is 0.473 e. The summed E-state index contributed by atoms with van der Waals surface area (Å²) in [6.45, 7) is 3.49. The van der Waals surface area contributed by atoms with Crippen LogP contribution in [0.15, 0.2) is 28.9 Å². The Bertz CT molecular complexity index is 1000. The van der Waals surface area contributed by atoms with E-state index in [1.54, 1.807) is 4.52 Å². The van der Waals surface area contributed by atoms with Crippen molar-refractivity contribution in [2.24, 2.45) is 5.92 Å². The van der Waals surface area contributed by atoms with Gasteiger partial charge in [-0.3, -0.25) is 4.79 Å². The van der Waals surface area contributed by atoms with E-state index >= 15 is 0 Å². The summed E-state index contributed by atoms with van der Waals surface area (Å²) < 4.78 is 13.0. The van der Waals surface area contributed by atoms with Gasteiger partial charge in [0.05, 0.1) is 11.1 Å². The topological polar surface area (TPSA) is 93.7 Å². The van der Waals surface area contributed by atoms with Gasteiger partial charge in [-0.05, 0) is 55.6 Å². The molecule has 1 aliphatic carbocycles. The zero-order valence-electron chi connectivity index (χ0n) is 15.1. The SMILES string of the molecule is Cc1onc(OCC2CCN2)c1-c1ccn2nc(NC(=O)C3CC3)cc2c1. The minimum Gasteiger partial charge on any atom is -0.473 e. The highest BCUT2D eigenvalue weighted by Crippen LogP contribution is 2.34. The van der Waals surface area contributed by atoms with Crippen LogP contribution in [0.4, 0.5) is 5.82 Å². The van der Waals surface area contributed by atoms with Crippen LogP contribution in [0.1, 0.15) is 25.0 Å². The van der Waals surface area contributed by atoms with Crippen LogP contribution in [-0.2, 0) is 4.79 Å². The Morgan fingerprint density at radius 2 is 2.26 bits per heavy atom. The first kappa shape index (κ1) is 16.3. The number of pyridine rings is 1. The summed E-state index contributed by atoms with van der Waals surface area (Å²) >= 11 is 0. The molecule has 1 saturated carbocycles. The van der Waals surface area contributed by atoms with E-state index < -0.39 is 0 Å². The first-order valence-electron chi connectivity index (χ1n) is 9.30. The second kappa shape index (κ2) is 6.38. The standard InChI is InChI=1S/C19H21N5O3/c1-11-17(19(23-27-11)26-10-14-4-6-20-14)13-5-7-24-15(8-13)9-16(22-24)21-18(25)12-2-3-12/h5,7-9,12,14,20H,2-4,6,10H2,1H3,(H,21,22,25). The fourth-order valence-electron chi connectivity index (χ4n) is 3.23. The molecule has 0 radical (unpaired) electrons. The van der Waals surface area contributed by atoms with Gasteiger partial charge in [0.1, 0.15) is 12.4 Å². The van der Waals surface area contributed by atoms with Crippen molar-refractivity contribution in [3.63, 3.8) is 0 Å². The summed E-state index contributed by atoms with van der Waals surface area (Å²) in [5.41, 5.74) is 2.67. The van der Waals surface area contributed by atoms with Crippen LogP contribution < -0.4 is 15.4 Å². The number of anilines is 1. The van der Waals surface area contributed by atoms with Crippen LogP contribution >= 0.6 is 0 Å². The van der Waals surface area contributed by atoms with Gasteiger partial charge in [0.15, 0.2) is 5.82 Å². The minimum atomic E-state index is 0.0498. The Labute approximate surface area is 155 Å². The highest BCUT2D eigenvalue weighted by atomic mass is 16.5.